The average molecular weight is 295 g/mol. The van der Waals surface area contributed by atoms with Gasteiger partial charge in [-0.25, -0.2) is 4.98 Å². The highest BCUT2D eigenvalue weighted by Gasteiger charge is 2.32. The van der Waals surface area contributed by atoms with Crippen molar-refractivity contribution in [1.82, 2.24) is 14.9 Å². The Hall–Kier alpha value is -2.10. The van der Waals surface area contributed by atoms with E-state index in [0.29, 0.717) is 0 Å². The molecule has 2 heterocycles. The number of aryl methyl sites for hydroxylation is 3. The largest absolute Gasteiger partial charge is 0.344 e. The van der Waals surface area contributed by atoms with E-state index in [9.17, 15) is 4.79 Å². The number of carbonyl (C=O) groups excluding carboxylic acids is 1. The molecule has 1 fully saturated rings. The molecule has 0 saturated carbocycles. The molecule has 0 bridgehead atoms. The first kappa shape index (κ1) is 13.6. The topological polar surface area (TPSA) is 49.0 Å². The lowest BCUT2D eigenvalue weighted by atomic mass is 10.1. The fourth-order valence-corrected chi connectivity index (χ4v) is 3.77. The fraction of sp³-hybridized carbons (Fsp3) is 0.444. The van der Waals surface area contributed by atoms with Gasteiger partial charge in [0.05, 0.1) is 6.04 Å². The van der Waals surface area contributed by atoms with Crippen LogP contribution in [-0.2, 0) is 12.8 Å². The van der Waals surface area contributed by atoms with E-state index in [2.05, 4.69) is 22.1 Å². The Balaban J connectivity index is 1.61. The number of amides is 1. The minimum atomic E-state index is 0.0921. The molecule has 1 unspecified atom stereocenters. The van der Waals surface area contributed by atoms with E-state index in [-0.39, 0.29) is 11.9 Å². The summed E-state index contributed by atoms with van der Waals surface area (Å²) < 4.78 is 0. The molecule has 22 heavy (non-hydrogen) atoms. The van der Waals surface area contributed by atoms with E-state index < -0.39 is 0 Å². The average Bonchev–Trinajstić information content (AvgIpc) is 3.25. The van der Waals surface area contributed by atoms with Gasteiger partial charge in [0.1, 0.15) is 5.82 Å². The number of aromatic nitrogens is 2. The number of rotatable bonds is 2. The third kappa shape index (κ3) is 2.23. The number of aromatic amines is 1. The Morgan fingerprint density at radius 3 is 2.95 bits per heavy atom. The molecule has 4 nitrogen and oxygen atoms in total. The monoisotopic (exact) mass is 295 g/mol. The molecule has 4 heteroatoms. The van der Waals surface area contributed by atoms with Crippen LogP contribution < -0.4 is 0 Å². The predicted molar refractivity (Wildman–Crippen MR) is 84.8 cm³/mol. The first-order valence-corrected chi connectivity index (χ1v) is 8.16. The van der Waals surface area contributed by atoms with Gasteiger partial charge < -0.3 is 9.88 Å². The first-order chi connectivity index (χ1) is 10.7. The molecule has 1 aromatic carbocycles. The van der Waals surface area contributed by atoms with Crippen LogP contribution in [0.4, 0.5) is 0 Å². The van der Waals surface area contributed by atoms with Crippen LogP contribution in [0.3, 0.4) is 0 Å². The molecule has 0 radical (unpaired) electrons. The van der Waals surface area contributed by atoms with Crippen LogP contribution >= 0.6 is 0 Å². The second-order valence-electron chi connectivity index (χ2n) is 6.45. The van der Waals surface area contributed by atoms with Crippen LogP contribution in [0.5, 0.6) is 0 Å². The minimum Gasteiger partial charge on any atom is -0.344 e. The number of hydrogen-bond donors (Lipinski definition) is 1. The third-order valence-electron chi connectivity index (χ3n) is 4.90. The van der Waals surface area contributed by atoms with Crippen molar-refractivity contribution in [1.29, 1.82) is 0 Å². The lowest BCUT2D eigenvalue weighted by Crippen LogP contribution is -2.31. The van der Waals surface area contributed by atoms with Crippen molar-refractivity contribution in [2.24, 2.45) is 0 Å². The van der Waals surface area contributed by atoms with Crippen molar-refractivity contribution >= 4 is 5.91 Å². The number of nitrogens with one attached hydrogen (secondary N) is 1. The lowest BCUT2D eigenvalue weighted by Gasteiger charge is -2.23. The summed E-state index contributed by atoms with van der Waals surface area (Å²) in [6.45, 7) is 2.82. The van der Waals surface area contributed by atoms with Crippen molar-refractivity contribution in [2.45, 2.75) is 45.1 Å². The molecule has 1 aliphatic heterocycles. The number of benzene rings is 1. The molecule has 2 aromatic rings. The summed E-state index contributed by atoms with van der Waals surface area (Å²) in [5.74, 6) is 1.07. The first-order valence-electron chi connectivity index (χ1n) is 8.16. The number of nitrogens with zero attached hydrogens (tertiary/aromatic N) is 2. The second kappa shape index (κ2) is 5.27. The Morgan fingerprint density at radius 1 is 1.27 bits per heavy atom. The van der Waals surface area contributed by atoms with E-state index in [1.807, 2.05) is 24.1 Å². The van der Waals surface area contributed by atoms with Crippen LogP contribution in [0.2, 0.25) is 0 Å². The van der Waals surface area contributed by atoms with Gasteiger partial charge in [0.15, 0.2) is 0 Å². The summed E-state index contributed by atoms with van der Waals surface area (Å²) in [5.41, 5.74) is 4.65. The standard InChI is InChI=1S/C18H21N3O/c1-12-11-19-17(20-12)16-6-3-9-21(16)18(22)15-8-7-13-4-2-5-14(13)10-15/h7-8,10-11,16H,2-6,9H2,1H3,(H,19,20). The van der Waals surface area contributed by atoms with Crippen molar-refractivity contribution < 1.29 is 4.79 Å². The molecule has 4 rings (SSSR count). The molecule has 2 aliphatic rings. The van der Waals surface area contributed by atoms with Crippen LogP contribution in [0.15, 0.2) is 24.4 Å². The van der Waals surface area contributed by atoms with Crippen molar-refractivity contribution in [3.8, 4) is 0 Å². The van der Waals surface area contributed by atoms with Gasteiger partial charge in [-0.1, -0.05) is 6.07 Å². The van der Waals surface area contributed by atoms with Gasteiger partial charge in [-0.2, -0.15) is 0 Å². The summed E-state index contributed by atoms with van der Waals surface area (Å²) in [4.78, 5) is 22.6. The van der Waals surface area contributed by atoms with Crippen LogP contribution in [0, 0.1) is 6.92 Å². The zero-order chi connectivity index (χ0) is 15.1. The van der Waals surface area contributed by atoms with Crippen molar-refractivity contribution in [3.63, 3.8) is 0 Å². The number of carbonyl (C=O) groups is 1. The van der Waals surface area contributed by atoms with Crippen LogP contribution in [0.25, 0.3) is 0 Å². The molecule has 1 atom stereocenters. The lowest BCUT2D eigenvalue weighted by molar-refractivity contribution is 0.0730. The molecule has 1 N–H and O–H groups in total. The van der Waals surface area contributed by atoms with Gasteiger partial charge in [0, 0.05) is 24.0 Å². The number of imidazole rings is 1. The third-order valence-corrected chi connectivity index (χ3v) is 4.90. The van der Waals surface area contributed by atoms with Crippen molar-refractivity contribution in [3.05, 3.63) is 52.6 Å². The summed E-state index contributed by atoms with van der Waals surface area (Å²) >= 11 is 0. The summed E-state index contributed by atoms with van der Waals surface area (Å²) in [7, 11) is 0. The number of likely N-dealkylation sites (tertiary alicyclic amines) is 1. The Morgan fingerprint density at radius 2 is 2.14 bits per heavy atom. The Bertz CT molecular complexity index is 719. The molecule has 0 spiro atoms. The van der Waals surface area contributed by atoms with E-state index in [1.165, 1.54) is 17.5 Å². The normalized spacial score (nSPS) is 20.4. The molecular formula is C18H21N3O. The number of hydrogen-bond acceptors (Lipinski definition) is 2. The van der Waals surface area contributed by atoms with Gasteiger partial charge in [-0.15, -0.1) is 0 Å². The van der Waals surface area contributed by atoms with Gasteiger partial charge in [-0.3, -0.25) is 4.79 Å². The zero-order valence-corrected chi connectivity index (χ0v) is 12.9. The van der Waals surface area contributed by atoms with E-state index >= 15 is 0 Å². The molecule has 1 amide bonds. The maximum atomic E-state index is 12.9. The second-order valence-corrected chi connectivity index (χ2v) is 6.45. The maximum Gasteiger partial charge on any atom is 0.254 e. The molecule has 1 aromatic heterocycles. The van der Waals surface area contributed by atoms with Crippen LogP contribution in [-0.4, -0.2) is 27.3 Å². The highest BCUT2D eigenvalue weighted by atomic mass is 16.2. The number of H-pyrrole nitrogens is 1. The van der Waals surface area contributed by atoms with Gasteiger partial charge >= 0.3 is 0 Å². The predicted octanol–water partition coefficient (Wildman–Crippen LogP) is 3.18. The summed E-state index contributed by atoms with van der Waals surface area (Å²) in [6.07, 6.45) is 7.35. The molecule has 1 aliphatic carbocycles. The van der Waals surface area contributed by atoms with E-state index in [0.717, 1.165) is 49.3 Å². The van der Waals surface area contributed by atoms with E-state index in [4.69, 9.17) is 0 Å². The Labute approximate surface area is 130 Å². The SMILES string of the molecule is Cc1cnc(C2CCCN2C(=O)c2ccc3c(c2)CCC3)[nH]1. The zero-order valence-electron chi connectivity index (χ0n) is 12.9. The van der Waals surface area contributed by atoms with E-state index in [1.54, 1.807) is 0 Å². The number of fused-ring (bicyclic) bond motifs is 1. The molecular weight excluding hydrogens is 274 g/mol. The van der Waals surface area contributed by atoms with Crippen LogP contribution in [0.1, 0.15) is 58.3 Å². The van der Waals surface area contributed by atoms with Gasteiger partial charge in [0.25, 0.3) is 5.91 Å². The quantitative estimate of drug-likeness (QED) is 0.925. The maximum absolute atomic E-state index is 12.9. The molecule has 114 valence electrons. The van der Waals surface area contributed by atoms with Gasteiger partial charge in [-0.05, 0) is 62.3 Å². The van der Waals surface area contributed by atoms with Gasteiger partial charge in [0.2, 0.25) is 0 Å². The highest BCUT2D eigenvalue weighted by molar-refractivity contribution is 5.95. The highest BCUT2D eigenvalue weighted by Crippen LogP contribution is 2.32. The summed E-state index contributed by atoms with van der Waals surface area (Å²) in [6, 6.07) is 6.33. The Kier molecular flexibility index (Phi) is 3.25. The smallest absolute Gasteiger partial charge is 0.254 e. The van der Waals surface area contributed by atoms with Crippen molar-refractivity contribution in [2.75, 3.05) is 6.54 Å². The molecule has 1 saturated heterocycles. The fourth-order valence-electron chi connectivity index (χ4n) is 3.77. The minimum absolute atomic E-state index is 0.0921. The summed E-state index contributed by atoms with van der Waals surface area (Å²) in [5, 5.41) is 0.